The Labute approximate surface area is 122 Å². The van der Waals surface area contributed by atoms with Crippen LogP contribution in [0.5, 0.6) is 0 Å². The third-order valence-corrected chi connectivity index (χ3v) is 3.89. The number of nitro groups is 1. The minimum absolute atomic E-state index is 0.0865. The van der Waals surface area contributed by atoms with Crippen LogP contribution < -0.4 is 5.32 Å². The summed E-state index contributed by atoms with van der Waals surface area (Å²) in [7, 11) is 0. The minimum atomic E-state index is -1.18. The van der Waals surface area contributed by atoms with Crippen LogP contribution in [0, 0.1) is 21.7 Å². The molecule has 1 aromatic rings. The van der Waals surface area contributed by atoms with Gasteiger partial charge in [0, 0.05) is 18.7 Å². The molecule has 7 heteroatoms. The molecule has 1 aliphatic heterocycles. The first kappa shape index (κ1) is 15.6. The predicted octanol–water partition coefficient (Wildman–Crippen LogP) is 3.16. The second-order valence-electron chi connectivity index (χ2n) is 5.22. The van der Waals surface area contributed by atoms with Crippen LogP contribution in [0.4, 0.5) is 20.2 Å². The van der Waals surface area contributed by atoms with E-state index in [-0.39, 0.29) is 11.7 Å². The van der Waals surface area contributed by atoms with Crippen molar-refractivity contribution in [3.63, 3.8) is 0 Å². The lowest BCUT2D eigenvalue weighted by Crippen LogP contribution is -2.26. The number of hydrogen-bond donors (Lipinski definition) is 1. The van der Waals surface area contributed by atoms with Crippen molar-refractivity contribution in [2.24, 2.45) is 0 Å². The van der Waals surface area contributed by atoms with E-state index in [0.29, 0.717) is 0 Å². The Hall–Kier alpha value is -1.76. The summed E-state index contributed by atoms with van der Waals surface area (Å²) in [6.45, 7) is 4.83. The summed E-state index contributed by atoms with van der Waals surface area (Å²) in [4.78, 5) is 12.5. The molecule has 1 heterocycles. The van der Waals surface area contributed by atoms with Crippen molar-refractivity contribution in [1.82, 2.24) is 4.90 Å². The average molecular weight is 299 g/mol. The van der Waals surface area contributed by atoms with E-state index in [1.165, 1.54) is 0 Å². The van der Waals surface area contributed by atoms with Crippen molar-refractivity contribution in [3.8, 4) is 0 Å². The Bertz CT molecular complexity index is 525. The molecule has 1 atom stereocenters. The van der Waals surface area contributed by atoms with Gasteiger partial charge in [-0.15, -0.1) is 0 Å². The van der Waals surface area contributed by atoms with Crippen LogP contribution in [0.2, 0.25) is 0 Å². The maximum atomic E-state index is 13.9. The van der Waals surface area contributed by atoms with Gasteiger partial charge >= 0.3 is 0 Å². The largest absolute Gasteiger partial charge is 0.374 e. The number of nitrogens with one attached hydrogen (secondary N) is 1. The molecular weight excluding hydrogens is 280 g/mol. The number of likely N-dealkylation sites (tertiary alicyclic amines) is 1. The molecule has 1 aliphatic rings. The van der Waals surface area contributed by atoms with E-state index in [9.17, 15) is 18.9 Å². The first-order valence-electron chi connectivity index (χ1n) is 7.14. The lowest BCUT2D eigenvalue weighted by Gasteiger charge is -2.19. The summed E-state index contributed by atoms with van der Waals surface area (Å²) in [5, 5.41) is 13.8. The third-order valence-electron chi connectivity index (χ3n) is 3.89. The number of nitrogens with zero attached hydrogens (tertiary/aromatic N) is 2. The molecule has 21 heavy (non-hydrogen) atoms. The van der Waals surface area contributed by atoms with Crippen LogP contribution in [0.15, 0.2) is 12.1 Å². The van der Waals surface area contributed by atoms with Crippen molar-refractivity contribution in [3.05, 3.63) is 33.9 Å². The molecule has 5 nitrogen and oxygen atoms in total. The molecule has 1 saturated heterocycles. The molecule has 0 bridgehead atoms. The topological polar surface area (TPSA) is 58.4 Å². The van der Waals surface area contributed by atoms with E-state index in [2.05, 4.69) is 17.1 Å². The molecule has 0 radical (unpaired) electrons. The summed E-state index contributed by atoms with van der Waals surface area (Å²) < 4.78 is 27.2. The maximum absolute atomic E-state index is 13.9. The van der Waals surface area contributed by atoms with Crippen LogP contribution >= 0.6 is 0 Å². The number of rotatable bonds is 4. The highest BCUT2D eigenvalue weighted by Gasteiger charge is 2.25. The normalized spacial score (nSPS) is 20.0. The highest BCUT2D eigenvalue weighted by Crippen LogP contribution is 2.31. The van der Waals surface area contributed by atoms with Gasteiger partial charge in [-0.05, 0) is 38.4 Å². The molecular formula is C14H19F2N3O2. The van der Waals surface area contributed by atoms with Crippen molar-refractivity contribution in [1.29, 1.82) is 0 Å². The molecule has 1 fully saturated rings. The molecule has 0 spiro atoms. The van der Waals surface area contributed by atoms with E-state index >= 15 is 0 Å². The highest BCUT2D eigenvalue weighted by atomic mass is 19.2. The number of nitro benzene ring substituents is 1. The van der Waals surface area contributed by atoms with Crippen molar-refractivity contribution >= 4 is 11.4 Å². The van der Waals surface area contributed by atoms with Gasteiger partial charge in [-0.3, -0.25) is 10.1 Å². The summed E-state index contributed by atoms with van der Waals surface area (Å²) in [6.07, 6.45) is 2.46. The van der Waals surface area contributed by atoms with Gasteiger partial charge in [0.25, 0.3) is 5.69 Å². The van der Waals surface area contributed by atoms with Gasteiger partial charge in [0.05, 0.1) is 4.92 Å². The summed E-state index contributed by atoms with van der Waals surface area (Å²) in [6, 6.07) is 1.69. The second kappa shape index (κ2) is 6.80. The molecule has 0 aliphatic carbocycles. The van der Waals surface area contributed by atoms with Gasteiger partial charge < -0.3 is 10.2 Å². The number of halogens is 2. The first-order chi connectivity index (χ1) is 10.0. The maximum Gasteiger partial charge on any atom is 0.295 e. The molecule has 116 valence electrons. The molecule has 1 N–H and O–H groups in total. The van der Waals surface area contributed by atoms with Crippen molar-refractivity contribution < 1.29 is 13.7 Å². The van der Waals surface area contributed by atoms with Crippen LogP contribution in [0.3, 0.4) is 0 Å². The van der Waals surface area contributed by atoms with E-state index in [4.69, 9.17) is 0 Å². The fraction of sp³-hybridized carbons (Fsp3) is 0.571. The van der Waals surface area contributed by atoms with Crippen LogP contribution in [0.25, 0.3) is 0 Å². The minimum Gasteiger partial charge on any atom is -0.374 e. The quantitative estimate of drug-likeness (QED) is 0.685. The first-order valence-corrected chi connectivity index (χ1v) is 7.14. The van der Waals surface area contributed by atoms with E-state index in [1.807, 2.05) is 0 Å². The smallest absolute Gasteiger partial charge is 0.295 e. The molecule has 1 unspecified atom stereocenters. The molecule has 0 amide bonds. The van der Waals surface area contributed by atoms with E-state index < -0.39 is 22.2 Å². The summed E-state index contributed by atoms with van der Waals surface area (Å²) in [5.41, 5.74) is -0.763. The third kappa shape index (κ3) is 3.66. The van der Waals surface area contributed by atoms with Gasteiger partial charge in [-0.2, -0.15) is 0 Å². The fourth-order valence-corrected chi connectivity index (χ4v) is 2.65. The molecule has 0 aromatic heterocycles. The van der Waals surface area contributed by atoms with E-state index in [1.54, 1.807) is 0 Å². The van der Waals surface area contributed by atoms with Crippen LogP contribution in [-0.2, 0) is 0 Å². The van der Waals surface area contributed by atoms with E-state index in [0.717, 1.165) is 51.0 Å². The molecule has 2 rings (SSSR count). The molecule has 0 saturated carbocycles. The predicted molar refractivity (Wildman–Crippen MR) is 76.4 cm³/mol. The van der Waals surface area contributed by atoms with Crippen molar-refractivity contribution in [2.75, 3.05) is 25.0 Å². The number of hydrogen-bond acceptors (Lipinski definition) is 4. The average Bonchev–Trinajstić information content (AvgIpc) is 2.69. The Balaban J connectivity index is 2.18. The zero-order chi connectivity index (χ0) is 15.4. The van der Waals surface area contributed by atoms with Gasteiger partial charge in [0.1, 0.15) is 0 Å². The lowest BCUT2D eigenvalue weighted by atomic mass is 10.1. The summed E-state index contributed by atoms with van der Waals surface area (Å²) >= 11 is 0. The molecule has 1 aromatic carbocycles. The van der Waals surface area contributed by atoms with Gasteiger partial charge in [0.2, 0.25) is 0 Å². The van der Waals surface area contributed by atoms with Gasteiger partial charge in [0.15, 0.2) is 17.3 Å². The van der Waals surface area contributed by atoms with Crippen LogP contribution in [0.1, 0.15) is 26.2 Å². The Morgan fingerprint density at radius 3 is 2.81 bits per heavy atom. The Kier molecular flexibility index (Phi) is 5.06. The Morgan fingerprint density at radius 2 is 2.14 bits per heavy atom. The zero-order valence-electron chi connectivity index (χ0n) is 11.9. The monoisotopic (exact) mass is 299 g/mol. The Morgan fingerprint density at radius 1 is 1.38 bits per heavy atom. The standard InChI is InChI=1S/C14H19F2N3O2/c1-2-18-8-3-4-10(7-9-18)17-14-12(19(20)21)6-5-11(15)13(14)16/h5-6,10,17H,2-4,7-9H2,1H3. The summed E-state index contributed by atoms with van der Waals surface area (Å²) in [5.74, 6) is -2.26. The van der Waals surface area contributed by atoms with Gasteiger partial charge in [-0.25, -0.2) is 8.78 Å². The second-order valence-corrected chi connectivity index (χ2v) is 5.22. The lowest BCUT2D eigenvalue weighted by molar-refractivity contribution is -0.384. The SMILES string of the molecule is CCN1CCCC(Nc2c([N+](=O)[O-])ccc(F)c2F)CC1. The highest BCUT2D eigenvalue weighted by molar-refractivity contribution is 5.63. The fourth-order valence-electron chi connectivity index (χ4n) is 2.65. The van der Waals surface area contributed by atoms with Crippen LogP contribution in [-0.4, -0.2) is 35.5 Å². The number of benzene rings is 1. The zero-order valence-corrected chi connectivity index (χ0v) is 11.9. The van der Waals surface area contributed by atoms with Gasteiger partial charge in [-0.1, -0.05) is 6.92 Å². The van der Waals surface area contributed by atoms with Crippen molar-refractivity contribution in [2.45, 2.75) is 32.2 Å². The number of anilines is 1.